The SMILES string of the molecule is CC1(C)C(C(=O)O)C1C(=O)Nc1ccc(OCC#N)cc1. The zero-order valence-electron chi connectivity index (χ0n) is 11.8. The largest absolute Gasteiger partial charge is 0.481 e. The smallest absolute Gasteiger partial charge is 0.307 e. The molecule has 0 aromatic heterocycles. The number of carboxylic acids is 1. The van der Waals surface area contributed by atoms with Crippen LogP contribution in [-0.4, -0.2) is 23.6 Å². The molecule has 1 saturated carbocycles. The molecule has 2 atom stereocenters. The average Bonchev–Trinajstić information content (AvgIpc) is 3.01. The van der Waals surface area contributed by atoms with Crippen LogP contribution in [0, 0.1) is 28.6 Å². The van der Waals surface area contributed by atoms with Gasteiger partial charge in [0.15, 0.2) is 6.61 Å². The van der Waals surface area contributed by atoms with Gasteiger partial charge in [0.1, 0.15) is 11.8 Å². The number of hydrogen-bond acceptors (Lipinski definition) is 4. The Kier molecular flexibility index (Phi) is 3.85. The molecule has 0 heterocycles. The van der Waals surface area contributed by atoms with Crippen LogP contribution in [0.4, 0.5) is 5.69 Å². The van der Waals surface area contributed by atoms with Gasteiger partial charge in [-0.05, 0) is 29.7 Å². The summed E-state index contributed by atoms with van der Waals surface area (Å²) in [7, 11) is 0. The summed E-state index contributed by atoms with van der Waals surface area (Å²) in [6.45, 7) is 3.51. The lowest BCUT2D eigenvalue weighted by Gasteiger charge is -2.07. The molecule has 6 nitrogen and oxygen atoms in total. The number of ether oxygens (including phenoxy) is 1. The first-order valence-corrected chi connectivity index (χ1v) is 6.51. The normalized spacial score (nSPS) is 22.0. The minimum atomic E-state index is -0.944. The number of aliphatic carboxylic acids is 1. The number of nitrogens with one attached hydrogen (secondary N) is 1. The molecule has 2 unspecified atom stereocenters. The molecule has 110 valence electrons. The molecular formula is C15H16N2O4. The maximum Gasteiger partial charge on any atom is 0.307 e. The van der Waals surface area contributed by atoms with E-state index in [0.717, 1.165) is 0 Å². The van der Waals surface area contributed by atoms with E-state index >= 15 is 0 Å². The lowest BCUT2D eigenvalue weighted by atomic mass is 10.1. The van der Waals surface area contributed by atoms with Crippen LogP contribution in [0.3, 0.4) is 0 Å². The Balaban J connectivity index is 1.98. The number of carbonyl (C=O) groups excluding carboxylic acids is 1. The van der Waals surface area contributed by atoms with Crippen LogP contribution in [0.5, 0.6) is 5.75 Å². The van der Waals surface area contributed by atoms with Gasteiger partial charge in [0, 0.05) is 5.69 Å². The standard InChI is InChI=1S/C15H16N2O4/c1-15(2)11(12(15)14(19)20)13(18)17-9-3-5-10(6-4-9)21-8-7-16/h3-6,11-12H,8H2,1-2H3,(H,17,18)(H,19,20). The van der Waals surface area contributed by atoms with E-state index in [1.54, 1.807) is 38.1 Å². The number of nitrogens with zero attached hydrogens (tertiary/aromatic N) is 1. The highest BCUT2D eigenvalue weighted by molar-refractivity contribution is 5.99. The Labute approximate surface area is 122 Å². The highest BCUT2D eigenvalue weighted by atomic mass is 16.5. The van der Waals surface area contributed by atoms with Gasteiger partial charge >= 0.3 is 5.97 Å². The van der Waals surface area contributed by atoms with Crippen LogP contribution in [-0.2, 0) is 9.59 Å². The summed E-state index contributed by atoms with van der Waals surface area (Å²) in [5.74, 6) is -1.87. The minimum Gasteiger partial charge on any atom is -0.481 e. The average molecular weight is 288 g/mol. The fourth-order valence-corrected chi connectivity index (χ4v) is 2.56. The third-order valence-corrected chi connectivity index (χ3v) is 3.80. The molecule has 0 bridgehead atoms. The van der Waals surface area contributed by atoms with Gasteiger partial charge in [-0.2, -0.15) is 5.26 Å². The van der Waals surface area contributed by atoms with Crippen LogP contribution in [0.2, 0.25) is 0 Å². The Hall–Kier alpha value is -2.55. The Morgan fingerprint density at radius 1 is 1.33 bits per heavy atom. The predicted octanol–water partition coefficient (Wildman–Crippen LogP) is 1.88. The molecule has 1 aromatic carbocycles. The zero-order valence-corrected chi connectivity index (χ0v) is 11.8. The van der Waals surface area contributed by atoms with Crippen molar-refractivity contribution in [2.45, 2.75) is 13.8 Å². The van der Waals surface area contributed by atoms with Gasteiger partial charge in [0.25, 0.3) is 0 Å². The van der Waals surface area contributed by atoms with Gasteiger partial charge in [-0.15, -0.1) is 0 Å². The summed E-state index contributed by atoms with van der Waals surface area (Å²) in [6.07, 6.45) is 0. The minimum absolute atomic E-state index is 0.0394. The summed E-state index contributed by atoms with van der Waals surface area (Å²) in [6, 6.07) is 8.44. The first kappa shape index (κ1) is 14.9. The van der Waals surface area contributed by atoms with E-state index < -0.39 is 23.2 Å². The summed E-state index contributed by atoms with van der Waals surface area (Å²) in [5.41, 5.74) is 0.0438. The monoisotopic (exact) mass is 288 g/mol. The number of carbonyl (C=O) groups is 2. The number of hydrogen-bond donors (Lipinski definition) is 2. The van der Waals surface area contributed by atoms with E-state index in [0.29, 0.717) is 11.4 Å². The Morgan fingerprint density at radius 3 is 2.43 bits per heavy atom. The molecule has 6 heteroatoms. The lowest BCUT2D eigenvalue weighted by molar-refractivity contribution is -0.140. The van der Waals surface area contributed by atoms with Crippen LogP contribution in [0.15, 0.2) is 24.3 Å². The molecule has 0 spiro atoms. The van der Waals surface area contributed by atoms with E-state index in [1.807, 2.05) is 6.07 Å². The third-order valence-electron chi connectivity index (χ3n) is 3.80. The lowest BCUT2D eigenvalue weighted by Crippen LogP contribution is -2.17. The number of benzene rings is 1. The van der Waals surface area contributed by atoms with Gasteiger partial charge in [-0.25, -0.2) is 0 Å². The van der Waals surface area contributed by atoms with Crippen molar-refractivity contribution in [2.24, 2.45) is 17.3 Å². The second kappa shape index (κ2) is 5.44. The first-order chi connectivity index (χ1) is 9.87. The van der Waals surface area contributed by atoms with E-state index in [9.17, 15) is 9.59 Å². The molecule has 2 rings (SSSR count). The van der Waals surface area contributed by atoms with Crippen molar-refractivity contribution in [3.63, 3.8) is 0 Å². The maximum atomic E-state index is 12.1. The summed E-state index contributed by atoms with van der Waals surface area (Å²) in [5, 5.41) is 20.2. The van der Waals surface area contributed by atoms with Gasteiger partial charge in [-0.3, -0.25) is 9.59 Å². The van der Waals surface area contributed by atoms with E-state index in [-0.39, 0.29) is 12.5 Å². The third kappa shape index (κ3) is 2.97. The van der Waals surface area contributed by atoms with Crippen molar-refractivity contribution in [1.82, 2.24) is 0 Å². The van der Waals surface area contributed by atoms with Gasteiger partial charge in [0.05, 0.1) is 11.8 Å². The molecule has 1 aliphatic carbocycles. The summed E-state index contributed by atoms with van der Waals surface area (Å²) >= 11 is 0. The highest BCUT2D eigenvalue weighted by Gasteiger charge is 2.65. The van der Waals surface area contributed by atoms with Crippen molar-refractivity contribution in [1.29, 1.82) is 5.26 Å². The van der Waals surface area contributed by atoms with Gasteiger partial charge in [-0.1, -0.05) is 13.8 Å². The molecule has 1 fully saturated rings. The number of carboxylic acid groups (broad SMARTS) is 1. The molecule has 1 amide bonds. The van der Waals surface area contributed by atoms with Gasteiger partial charge in [0.2, 0.25) is 5.91 Å². The molecular weight excluding hydrogens is 272 g/mol. The molecule has 21 heavy (non-hydrogen) atoms. The molecule has 1 aliphatic rings. The van der Waals surface area contributed by atoms with Crippen molar-refractivity contribution >= 4 is 17.6 Å². The van der Waals surface area contributed by atoms with E-state index in [2.05, 4.69) is 5.32 Å². The number of rotatable bonds is 5. The molecule has 0 saturated heterocycles. The summed E-state index contributed by atoms with van der Waals surface area (Å²) < 4.78 is 5.10. The fraction of sp³-hybridized carbons (Fsp3) is 0.400. The molecule has 1 aromatic rings. The maximum absolute atomic E-state index is 12.1. The van der Waals surface area contributed by atoms with Crippen LogP contribution >= 0.6 is 0 Å². The van der Waals surface area contributed by atoms with Crippen molar-refractivity contribution in [3.8, 4) is 11.8 Å². The summed E-state index contributed by atoms with van der Waals surface area (Å²) in [4.78, 5) is 23.2. The predicted molar refractivity (Wildman–Crippen MR) is 74.6 cm³/mol. The Bertz CT molecular complexity index is 601. The first-order valence-electron chi connectivity index (χ1n) is 6.51. The zero-order chi connectivity index (χ0) is 15.6. The molecule has 0 aliphatic heterocycles. The fourth-order valence-electron chi connectivity index (χ4n) is 2.56. The Morgan fingerprint density at radius 2 is 1.95 bits per heavy atom. The topological polar surface area (TPSA) is 99.4 Å². The van der Waals surface area contributed by atoms with Crippen LogP contribution < -0.4 is 10.1 Å². The van der Waals surface area contributed by atoms with E-state index in [1.165, 1.54) is 0 Å². The second-order valence-electron chi connectivity index (χ2n) is 5.58. The number of nitriles is 1. The molecule has 2 N–H and O–H groups in total. The number of amides is 1. The van der Waals surface area contributed by atoms with Crippen LogP contribution in [0.25, 0.3) is 0 Å². The van der Waals surface area contributed by atoms with Crippen LogP contribution in [0.1, 0.15) is 13.8 Å². The second-order valence-corrected chi connectivity index (χ2v) is 5.58. The quantitative estimate of drug-likeness (QED) is 0.861. The highest BCUT2D eigenvalue weighted by Crippen LogP contribution is 2.58. The van der Waals surface area contributed by atoms with Crippen molar-refractivity contribution < 1.29 is 19.4 Å². The molecule has 0 radical (unpaired) electrons. The van der Waals surface area contributed by atoms with Crippen molar-refractivity contribution in [3.05, 3.63) is 24.3 Å². The van der Waals surface area contributed by atoms with E-state index in [4.69, 9.17) is 15.1 Å². The van der Waals surface area contributed by atoms with Gasteiger partial charge < -0.3 is 15.2 Å². The number of anilines is 1. The van der Waals surface area contributed by atoms with Crippen molar-refractivity contribution in [2.75, 3.05) is 11.9 Å².